The van der Waals surface area contributed by atoms with E-state index in [9.17, 15) is 14.4 Å². The summed E-state index contributed by atoms with van der Waals surface area (Å²) >= 11 is 0. The lowest BCUT2D eigenvalue weighted by Gasteiger charge is -2.25. The van der Waals surface area contributed by atoms with Crippen molar-refractivity contribution >= 4 is 17.7 Å². The number of rotatable bonds is 4. The van der Waals surface area contributed by atoms with Crippen molar-refractivity contribution in [3.63, 3.8) is 0 Å². The second-order valence-corrected chi connectivity index (χ2v) is 8.84. The molecule has 1 aliphatic heterocycles. The van der Waals surface area contributed by atoms with Gasteiger partial charge in [-0.1, -0.05) is 13.8 Å². The smallest absolute Gasteiger partial charge is 0.249 e. The maximum Gasteiger partial charge on any atom is 0.249 e. The average molecular weight is 503 g/mol. The number of benzene rings is 1. The molecule has 1 atom stereocenters. The second kappa shape index (κ2) is 12.4. The van der Waals surface area contributed by atoms with Gasteiger partial charge in [-0.25, -0.2) is 4.98 Å². The predicted octanol–water partition coefficient (Wildman–Crippen LogP) is 1.67. The molecule has 4 bridgehead atoms. The third kappa shape index (κ3) is 6.75. The van der Waals surface area contributed by atoms with Crippen molar-refractivity contribution in [1.82, 2.24) is 20.5 Å². The van der Waals surface area contributed by atoms with Crippen LogP contribution in [0, 0.1) is 12.8 Å². The number of hydrogen-bond acceptors (Lipinski definition) is 8. The lowest BCUT2D eigenvalue weighted by Crippen LogP contribution is -2.52. The van der Waals surface area contributed by atoms with Crippen LogP contribution in [0.1, 0.15) is 31.7 Å². The van der Waals surface area contributed by atoms with Crippen LogP contribution in [-0.2, 0) is 25.7 Å². The number of aryl methyl sites for hydroxylation is 1. The molecule has 3 amide bonds. The van der Waals surface area contributed by atoms with E-state index >= 15 is 0 Å². The molecule has 1 aliphatic rings. The van der Waals surface area contributed by atoms with E-state index in [1.807, 2.05) is 19.9 Å². The first-order valence-corrected chi connectivity index (χ1v) is 11.8. The fourth-order valence-electron chi connectivity index (χ4n) is 3.79. The second-order valence-electron chi connectivity index (χ2n) is 8.84. The van der Waals surface area contributed by atoms with Gasteiger partial charge in [0.15, 0.2) is 11.5 Å². The fourth-order valence-corrected chi connectivity index (χ4v) is 3.79. The van der Waals surface area contributed by atoms with Crippen LogP contribution in [0.3, 0.4) is 0 Å². The van der Waals surface area contributed by atoms with E-state index in [2.05, 4.69) is 15.6 Å². The van der Waals surface area contributed by atoms with E-state index in [4.69, 9.17) is 18.6 Å². The van der Waals surface area contributed by atoms with Crippen molar-refractivity contribution in [3.05, 3.63) is 29.7 Å². The zero-order valence-corrected chi connectivity index (χ0v) is 21.4. The van der Waals surface area contributed by atoms with Crippen LogP contribution >= 0.6 is 0 Å². The monoisotopic (exact) mass is 502 g/mol. The van der Waals surface area contributed by atoms with E-state index in [-0.39, 0.29) is 50.6 Å². The first kappa shape index (κ1) is 27.0. The zero-order valence-electron chi connectivity index (χ0n) is 21.4. The Labute approximate surface area is 210 Å². The van der Waals surface area contributed by atoms with Crippen LogP contribution in [0.4, 0.5) is 0 Å². The Morgan fingerprint density at radius 2 is 2.06 bits per heavy atom. The van der Waals surface area contributed by atoms with E-state index in [1.165, 1.54) is 12.0 Å². The number of methoxy groups -OCH3 is 2. The zero-order chi connectivity index (χ0) is 26.2. The number of ether oxygens (including phenoxy) is 3. The standard InChI is InChI=1S/C25H34N4O7/c1-15(2)23-24(32)26-12-18-16(3)36-25(27-18)17-7-8-19(34-5)20(11-17)35-10-6-9-29(13-21(30)28-23)22(31)14-33-4/h7-8,11,15,23H,6,9-10,12-14H2,1-5H3,(H,26,32)(H,28,30)/t23-/m0/s1. The summed E-state index contributed by atoms with van der Waals surface area (Å²) in [5, 5.41) is 5.59. The Balaban J connectivity index is 1.92. The average Bonchev–Trinajstić information content (AvgIpc) is 3.22. The van der Waals surface area contributed by atoms with Gasteiger partial charge in [0.2, 0.25) is 23.6 Å². The summed E-state index contributed by atoms with van der Waals surface area (Å²) in [5.74, 6) is 0.686. The Bertz CT molecular complexity index is 1080. The highest BCUT2D eigenvalue weighted by molar-refractivity contribution is 5.90. The quantitative estimate of drug-likeness (QED) is 0.645. The molecule has 2 heterocycles. The molecule has 11 nitrogen and oxygen atoms in total. The minimum atomic E-state index is -0.782. The van der Waals surface area contributed by atoms with Crippen LogP contribution < -0.4 is 20.1 Å². The van der Waals surface area contributed by atoms with Gasteiger partial charge in [-0.3, -0.25) is 14.4 Å². The van der Waals surface area contributed by atoms with Crippen LogP contribution in [0.25, 0.3) is 11.5 Å². The van der Waals surface area contributed by atoms with Gasteiger partial charge in [-0.05, 0) is 37.5 Å². The first-order valence-electron chi connectivity index (χ1n) is 11.8. The van der Waals surface area contributed by atoms with Gasteiger partial charge in [0, 0.05) is 19.2 Å². The molecular formula is C25H34N4O7. The highest BCUT2D eigenvalue weighted by Crippen LogP contribution is 2.33. The molecule has 0 radical (unpaired) electrons. The summed E-state index contributed by atoms with van der Waals surface area (Å²) in [6, 6.07) is 4.56. The van der Waals surface area contributed by atoms with Crippen molar-refractivity contribution in [2.24, 2.45) is 5.92 Å². The third-order valence-corrected chi connectivity index (χ3v) is 5.78. The number of carbonyl (C=O) groups is 3. The lowest BCUT2D eigenvalue weighted by atomic mass is 10.0. The number of oxazole rings is 1. The van der Waals surface area contributed by atoms with E-state index in [0.29, 0.717) is 40.8 Å². The molecule has 0 saturated heterocycles. The van der Waals surface area contributed by atoms with Crippen LogP contribution in [0.15, 0.2) is 22.6 Å². The first-order chi connectivity index (χ1) is 17.2. The summed E-state index contributed by atoms with van der Waals surface area (Å²) < 4.78 is 22.2. The molecule has 36 heavy (non-hydrogen) atoms. The Kier molecular flexibility index (Phi) is 9.29. The molecule has 196 valence electrons. The van der Waals surface area contributed by atoms with Crippen molar-refractivity contribution in [3.8, 4) is 23.0 Å². The van der Waals surface area contributed by atoms with Gasteiger partial charge in [0.1, 0.15) is 24.1 Å². The molecule has 0 fully saturated rings. The lowest BCUT2D eigenvalue weighted by molar-refractivity contribution is -0.140. The van der Waals surface area contributed by atoms with Crippen molar-refractivity contribution in [2.45, 2.75) is 39.8 Å². The highest BCUT2D eigenvalue weighted by Gasteiger charge is 2.26. The fraction of sp³-hybridized carbons (Fsp3) is 0.520. The van der Waals surface area contributed by atoms with Gasteiger partial charge in [0.25, 0.3) is 0 Å². The summed E-state index contributed by atoms with van der Waals surface area (Å²) in [6.45, 7) is 5.74. The number of carbonyl (C=O) groups excluding carboxylic acids is 3. The van der Waals surface area contributed by atoms with E-state index < -0.39 is 11.9 Å². The van der Waals surface area contributed by atoms with Gasteiger partial charge in [-0.2, -0.15) is 0 Å². The van der Waals surface area contributed by atoms with Crippen molar-refractivity contribution in [2.75, 3.05) is 40.5 Å². The molecule has 0 saturated carbocycles. The van der Waals surface area contributed by atoms with Gasteiger partial charge < -0.3 is 34.2 Å². The SMILES string of the molecule is COCC(=O)N1CCCOc2cc(ccc2OC)-c2nc(c(C)o2)CNC(=O)[C@H](C(C)C)NC(=O)C1. The Morgan fingerprint density at radius 1 is 1.28 bits per heavy atom. The Hall–Kier alpha value is -3.60. The molecule has 3 rings (SSSR count). The summed E-state index contributed by atoms with van der Waals surface area (Å²) in [6.07, 6.45) is 0.451. The molecule has 0 aliphatic carbocycles. The van der Waals surface area contributed by atoms with Crippen LogP contribution in [0.5, 0.6) is 11.5 Å². The maximum absolute atomic E-state index is 12.9. The van der Waals surface area contributed by atoms with Crippen LogP contribution in [0.2, 0.25) is 0 Å². The molecule has 0 spiro atoms. The highest BCUT2D eigenvalue weighted by atomic mass is 16.5. The number of hydrogen-bond donors (Lipinski definition) is 2. The van der Waals surface area contributed by atoms with Gasteiger partial charge in [0.05, 0.1) is 26.8 Å². The minimum absolute atomic E-state index is 0.130. The third-order valence-electron chi connectivity index (χ3n) is 5.78. The normalized spacial score (nSPS) is 17.5. The molecule has 0 unspecified atom stereocenters. The molecule has 1 aromatic carbocycles. The van der Waals surface area contributed by atoms with E-state index in [0.717, 1.165) is 0 Å². The topological polar surface area (TPSA) is 132 Å². The number of nitrogens with one attached hydrogen (secondary N) is 2. The number of amides is 3. The van der Waals surface area contributed by atoms with Crippen molar-refractivity contribution in [1.29, 1.82) is 0 Å². The summed E-state index contributed by atoms with van der Waals surface area (Å²) in [4.78, 5) is 44.2. The van der Waals surface area contributed by atoms with Gasteiger partial charge in [-0.15, -0.1) is 0 Å². The van der Waals surface area contributed by atoms with Gasteiger partial charge >= 0.3 is 0 Å². The summed E-state index contributed by atoms with van der Waals surface area (Å²) in [7, 11) is 2.96. The molecule has 2 aromatic rings. The number of fused-ring (bicyclic) bond motifs is 5. The molecular weight excluding hydrogens is 468 g/mol. The largest absolute Gasteiger partial charge is 0.493 e. The molecule has 2 N–H and O–H groups in total. The molecule has 1 aromatic heterocycles. The van der Waals surface area contributed by atoms with Crippen molar-refractivity contribution < 1.29 is 33.0 Å². The predicted molar refractivity (Wildman–Crippen MR) is 130 cm³/mol. The van der Waals surface area contributed by atoms with E-state index in [1.54, 1.807) is 26.2 Å². The minimum Gasteiger partial charge on any atom is -0.493 e. The maximum atomic E-state index is 12.9. The molecule has 11 heteroatoms. The number of aromatic nitrogens is 1. The summed E-state index contributed by atoms with van der Waals surface area (Å²) in [5.41, 5.74) is 1.26. The van der Waals surface area contributed by atoms with Crippen LogP contribution in [-0.4, -0.2) is 74.2 Å². The Morgan fingerprint density at radius 3 is 2.75 bits per heavy atom. The number of nitrogens with zero attached hydrogens (tertiary/aromatic N) is 2.